The smallest absolute Gasteiger partial charge is 0.465 e. The molecule has 1 heterocycles. The van der Waals surface area contributed by atoms with Crippen molar-refractivity contribution in [3.63, 3.8) is 0 Å². The van der Waals surface area contributed by atoms with Gasteiger partial charge in [-0.1, -0.05) is 0 Å². The standard InChI is InChI=1S/C10H7ClF5NO3/c1-19-9(18)5-3-17-8(20-10(14,15)16)4(2-11)6(5)7(12)13/h3,7H,2H2,1H3. The second-order valence-corrected chi connectivity index (χ2v) is 3.61. The molecule has 0 aliphatic heterocycles. The first-order chi connectivity index (χ1) is 9.21. The molecule has 0 aliphatic rings. The summed E-state index contributed by atoms with van der Waals surface area (Å²) in [6, 6.07) is 0. The summed E-state index contributed by atoms with van der Waals surface area (Å²) in [6.45, 7) is 0. The van der Waals surface area contributed by atoms with Gasteiger partial charge < -0.3 is 9.47 Å². The first-order valence-corrected chi connectivity index (χ1v) is 5.44. The lowest BCUT2D eigenvalue weighted by molar-refractivity contribution is -0.276. The number of rotatable bonds is 4. The largest absolute Gasteiger partial charge is 0.574 e. The number of esters is 1. The third kappa shape index (κ3) is 3.69. The molecule has 1 aromatic heterocycles. The van der Waals surface area contributed by atoms with E-state index in [1.165, 1.54) is 0 Å². The highest BCUT2D eigenvalue weighted by atomic mass is 35.5. The fourth-order valence-electron chi connectivity index (χ4n) is 1.40. The Balaban J connectivity index is 3.45. The van der Waals surface area contributed by atoms with Crippen LogP contribution in [0.4, 0.5) is 22.0 Å². The molecule has 0 amide bonds. The van der Waals surface area contributed by atoms with Gasteiger partial charge in [0.05, 0.1) is 18.6 Å². The lowest BCUT2D eigenvalue weighted by Crippen LogP contribution is -2.20. The van der Waals surface area contributed by atoms with Crippen molar-refractivity contribution in [3.8, 4) is 5.88 Å². The Kier molecular flexibility index (Phi) is 5.09. The topological polar surface area (TPSA) is 48.4 Å². The van der Waals surface area contributed by atoms with Crippen molar-refractivity contribution >= 4 is 17.6 Å². The summed E-state index contributed by atoms with van der Waals surface area (Å²) in [4.78, 5) is 14.5. The zero-order chi connectivity index (χ0) is 15.5. The van der Waals surface area contributed by atoms with Crippen LogP contribution in [0.1, 0.15) is 27.9 Å². The van der Waals surface area contributed by atoms with E-state index in [1.54, 1.807) is 0 Å². The molecule has 0 unspecified atom stereocenters. The Labute approximate surface area is 114 Å². The molecule has 0 aliphatic carbocycles. The first kappa shape index (κ1) is 16.4. The van der Waals surface area contributed by atoms with Crippen LogP contribution >= 0.6 is 11.6 Å². The minimum absolute atomic E-state index is 0.518. The third-order valence-corrected chi connectivity index (χ3v) is 2.42. The maximum absolute atomic E-state index is 13.0. The maximum Gasteiger partial charge on any atom is 0.574 e. The third-order valence-electron chi connectivity index (χ3n) is 2.15. The molecule has 20 heavy (non-hydrogen) atoms. The van der Waals surface area contributed by atoms with Crippen LogP contribution in [-0.4, -0.2) is 24.4 Å². The molecule has 0 fully saturated rings. The van der Waals surface area contributed by atoms with E-state index in [1.807, 2.05) is 0 Å². The Morgan fingerprint density at radius 3 is 2.45 bits per heavy atom. The lowest BCUT2D eigenvalue weighted by atomic mass is 10.1. The normalized spacial score (nSPS) is 11.6. The predicted octanol–water partition coefficient (Wildman–Crippen LogP) is 3.44. The van der Waals surface area contributed by atoms with Crippen molar-refractivity contribution in [1.82, 2.24) is 4.98 Å². The summed E-state index contributed by atoms with van der Waals surface area (Å²) in [5.74, 6) is -3.05. The van der Waals surface area contributed by atoms with Gasteiger partial charge in [0.25, 0.3) is 6.43 Å². The second-order valence-electron chi connectivity index (χ2n) is 3.34. The van der Waals surface area contributed by atoms with Crippen molar-refractivity contribution in [3.05, 3.63) is 22.9 Å². The summed E-state index contributed by atoms with van der Waals surface area (Å²) in [7, 11) is 0.929. The van der Waals surface area contributed by atoms with E-state index in [0.717, 1.165) is 7.11 Å². The van der Waals surface area contributed by atoms with Crippen molar-refractivity contribution in [2.45, 2.75) is 18.7 Å². The number of alkyl halides is 6. The van der Waals surface area contributed by atoms with Gasteiger partial charge in [0.15, 0.2) is 0 Å². The fraction of sp³-hybridized carbons (Fsp3) is 0.400. The number of hydrogen-bond acceptors (Lipinski definition) is 4. The summed E-state index contributed by atoms with van der Waals surface area (Å²) in [5.41, 5.74) is -2.39. The van der Waals surface area contributed by atoms with Crippen LogP contribution < -0.4 is 4.74 Å². The highest BCUT2D eigenvalue weighted by Gasteiger charge is 2.35. The van der Waals surface area contributed by atoms with Gasteiger partial charge in [0, 0.05) is 17.3 Å². The van der Waals surface area contributed by atoms with E-state index in [4.69, 9.17) is 11.6 Å². The van der Waals surface area contributed by atoms with Gasteiger partial charge in [-0.15, -0.1) is 24.8 Å². The van der Waals surface area contributed by atoms with Gasteiger partial charge in [-0.25, -0.2) is 18.6 Å². The van der Waals surface area contributed by atoms with E-state index >= 15 is 0 Å². The van der Waals surface area contributed by atoms with Crippen LogP contribution in [0.5, 0.6) is 5.88 Å². The zero-order valence-corrected chi connectivity index (χ0v) is 10.6. The summed E-state index contributed by atoms with van der Waals surface area (Å²) < 4.78 is 70.1. The number of halogens is 6. The number of carbonyl (C=O) groups excluding carboxylic acids is 1. The van der Waals surface area contributed by atoms with E-state index in [9.17, 15) is 26.7 Å². The molecule has 0 radical (unpaired) electrons. The number of pyridine rings is 1. The SMILES string of the molecule is COC(=O)c1cnc(OC(F)(F)F)c(CCl)c1C(F)F. The number of nitrogens with zero attached hydrogens (tertiary/aromatic N) is 1. The van der Waals surface area contributed by atoms with E-state index in [0.29, 0.717) is 6.20 Å². The van der Waals surface area contributed by atoms with Crippen LogP contribution in [0.15, 0.2) is 6.20 Å². The van der Waals surface area contributed by atoms with Crippen molar-refractivity contribution in [1.29, 1.82) is 0 Å². The van der Waals surface area contributed by atoms with Gasteiger partial charge in [-0.2, -0.15) is 0 Å². The Bertz CT molecular complexity index is 506. The molecule has 0 aromatic carbocycles. The molecule has 4 nitrogen and oxygen atoms in total. The van der Waals surface area contributed by atoms with Crippen LogP contribution in [-0.2, 0) is 10.6 Å². The van der Waals surface area contributed by atoms with Crippen molar-refractivity contribution < 1.29 is 36.2 Å². The molecule has 0 bridgehead atoms. The molecule has 112 valence electrons. The van der Waals surface area contributed by atoms with Gasteiger partial charge in [-0.3, -0.25) is 0 Å². The molecular formula is C10H7ClF5NO3. The van der Waals surface area contributed by atoms with Crippen LogP contribution in [0.25, 0.3) is 0 Å². The molecule has 0 saturated carbocycles. The fourth-order valence-corrected chi connectivity index (χ4v) is 1.66. The molecule has 1 rings (SSSR count). The second kappa shape index (κ2) is 6.21. The highest BCUT2D eigenvalue weighted by molar-refractivity contribution is 6.17. The molecular weight excluding hydrogens is 313 g/mol. The van der Waals surface area contributed by atoms with Crippen molar-refractivity contribution in [2.24, 2.45) is 0 Å². The average Bonchev–Trinajstić information content (AvgIpc) is 2.35. The Hall–Kier alpha value is -1.64. The first-order valence-electron chi connectivity index (χ1n) is 4.91. The quantitative estimate of drug-likeness (QED) is 0.484. The number of ether oxygens (including phenoxy) is 2. The highest BCUT2D eigenvalue weighted by Crippen LogP contribution is 2.35. The molecule has 1 aromatic rings. The van der Waals surface area contributed by atoms with E-state index < -0.39 is 47.2 Å². The van der Waals surface area contributed by atoms with Gasteiger partial charge in [0.2, 0.25) is 5.88 Å². The lowest BCUT2D eigenvalue weighted by Gasteiger charge is -2.16. The monoisotopic (exact) mass is 319 g/mol. The molecule has 10 heteroatoms. The minimum atomic E-state index is -5.13. The summed E-state index contributed by atoms with van der Waals surface area (Å²) >= 11 is 5.36. The summed E-state index contributed by atoms with van der Waals surface area (Å²) in [6.07, 6.45) is -7.86. The number of methoxy groups -OCH3 is 1. The van der Waals surface area contributed by atoms with E-state index in [2.05, 4.69) is 14.5 Å². The predicted molar refractivity (Wildman–Crippen MR) is 56.8 cm³/mol. The Morgan fingerprint density at radius 2 is 2.05 bits per heavy atom. The zero-order valence-electron chi connectivity index (χ0n) is 9.80. The molecule has 0 saturated heterocycles. The molecule has 0 N–H and O–H groups in total. The summed E-state index contributed by atoms with van der Waals surface area (Å²) in [5, 5.41) is 0. The van der Waals surface area contributed by atoms with Crippen LogP contribution in [0.3, 0.4) is 0 Å². The van der Waals surface area contributed by atoms with E-state index in [-0.39, 0.29) is 0 Å². The van der Waals surface area contributed by atoms with Crippen molar-refractivity contribution in [2.75, 3.05) is 7.11 Å². The average molecular weight is 320 g/mol. The van der Waals surface area contributed by atoms with Crippen LogP contribution in [0.2, 0.25) is 0 Å². The number of hydrogen-bond donors (Lipinski definition) is 0. The minimum Gasteiger partial charge on any atom is -0.465 e. The van der Waals surface area contributed by atoms with Gasteiger partial charge >= 0.3 is 12.3 Å². The molecule has 0 atom stereocenters. The van der Waals surface area contributed by atoms with Gasteiger partial charge in [-0.05, 0) is 0 Å². The van der Waals surface area contributed by atoms with Gasteiger partial charge in [0.1, 0.15) is 0 Å². The number of carbonyl (C=O) groups is 1. The maximum atomic E-state index is 13.0. The van der Waals surface area contributed by atoms with Crippen LogP contribution in [0, 0.1) is 0 Å². The Morgan fingerprint density at radius 1 is 1.45 bits per heavy atom. The number of aromatic nitrogens is 1. The molecule has 0 spiro atoms.